The van der Waals surface area contributed by atoms with E-state index in [1.54, 1.807) is 6.07 Å². The molecule has 0 aliphatic carbocycles. The lowest BCUT2D eigenvalue weighted by atomic mass is 9.79. The number of rotatable bonds is 5. The maximum Gasteiger partial charge on any atom is 0.488 e. The summed E-state index contributed by atoms with van der Waals surface area (Å²) in [5.41, 5.74) is 0.278. The fourth-order valence-electron chi connectivity index (χ4n) is 1.74. The van der Waals surface area contributed by atoms with E-state index in [1.807, 2.05) is 0 Å². The minimum atomic E-state index is -4.21. The first-order chi connectivity index (χ1) is 9.79. The molecule has 0 radical (unpaired) electrons. The predicted octanol–water partition coefficient (Wildman–Crippen LogP) is 1.80. The van der Waals surface area contributed by atoms with Gasteiger partial charge in [-0.05, 0) is 28.4 Å². The number of fused-ring (bicyclic) bond motifs is 1. The molecule has 21 heavy (non-hydrogen) atoms. The molecule has 0 aliphatic rings. The van der Waals surface area contributed by atoms with E-state index in [1.165, 1.54) is 30.3 Å². The topological polar surface area (TPSA) is 49.7 Å². The molecule has 0 bridgehead atoms. The smallest absolute Gasteiger partial charge is 0.487 e. The van der Waals surface area contributed by atoms with E-state index in [0.717, 1.165) is 0 Å². The van der Waals surface area contributed by atoms with Gasteiger partial charge in [0.15, 0.2) is 6.61 Å². The highest BCUT2D eigenvalue weighted by Crippen LogP contribution is 2.26. The zero-order valence-electron chi connectivity index (χ0n) is 10.6. The lowest BCUT2D eigenvalue weighted by molar-refractivity contribution is -0.148. The summed E-state index contributed by atoms with van der Waals surface area (Å²) in [5, 5.41) is 19.3. The fourth-order valence-corrected chi connectivity index (χ4v) is 1.74. The molecule has 0 fully saturated rings. The highest BCUT2D eigenvalue weighted by atomic mass is 19.3. The first-order valence-corrected chi connectivity index (χ1v) is 5.98. The van der Waals surface area contributed by atoms with Crippen molar-refractivity contribution in [3.8, 4) is 5.75 Å². The van der Waals surface area contributed by atoms with Crippen LogP contribution >= 0.6 is 0 Å². The summed E-state index contributed by atoms with van der Waals surface area (Å²) in [4.78, 5) is 0. The van der Waals surface area contributed by atoms with Crippen molar-refractivity contribution in [1.82, 2.24) is 0 Å². The van der Waals surface area contributed by atoms with Gasteiger partial charge in [-0.1, -0.05) is 24.3 Å². The first kappa shape index (κ1) is 15.6. The number of alkyl halides is 4. The second kappa shape index (κ2) is 5.91. The Hall–Kier alpha value is -1.80. The Labute approximate surface area is 117 Å². The van der Waals surface area contributed by atoms with Gasteiger partial charge in [0.05, 0.1) is 0 Å². The lowest BCUT2D eigenvalue weighted by Crippen LogP contribution is -2.33. The first-order valence-electron chi connectivity index (χ1n) is 5.98. The number of ether oxygens (including phenoxy) is 1. The van der Waals surface area contributed by atoms with Gasteiger partial charge in [-0.15, -0.1) is 0 Å². The molecule has 0 saturated carbocycles. The Morgan fingerprint density at radius 1 is 1.05 bits per heavy atom. The summed E-state index contributed by atoms with van der Waals surface area (Å²) in [6.07, 6.45) is -3.79. The van der Waals surface area contributed by atoms with Gasteiger partial charge >= 0.3 is 19.5 Å². The summed E-state index contributed by atoms with van der Waals surface area (Å²) < 4.78 is 54.2. The molecule has 0 unspecified atom stereocenters. The van der Waals surface area contributed by atoms with Crippen LogP contribution in [0.3, 0.4) is 0 Å². The Balaban J connectivity index is 2.18. The Bertz CT molecular complexity index is 634. The quantitative estimate of drug-likeness (QED) is 0.654. The van der Waals surface area contributed by atoms with Crippen LogP contribution in [0.5, 0.6) is 5.75 Å². The van der Waals surface area contributed by atoms with E-state index in [-0.39, 0.29) is 11.2 Å². The second-order valence-electron chi connectivity index (χ2n) is 4.49. The summed E-state index contributed by atoms with van der Waals surface area (Å²) in [6.45, 7) is -1.41. The van der Waals surface area contributed by atoms with Crippen LogP contribution in [-0.4, -0.2) is 36.1 Å². The Morgan fingerprint density at radius 3 is 2.29 bits per heavy atom. The van der Waals surface area contributed by atoms with Crippen LogP contribution in [-0.2, 0) is 0 Å². The maximum absolute atomic E-state index is 12.8. The van der Waals surface area contributed by atoms with Crippen LogP contribution in [0.1, 0.15) is 0 Å². The molecule has 8 heteroatoms. The molecule has 2 rings (SSSR count). The van der Waals surface area contributed by atoms with Gasteiger partial charge in [-0.2, -0.15) is 8.78 Å². The minimum Gasteiger partial charge on any atom is -0.487 e. The molecule has 2 aromatic carbocycles. The van der Waals surface area contributed by atoms with Crippen molar-refractivity contribution < 1.29 is 32.3 Å². The van der Waals surface area contributed by atoms with Gasteiger partial charge in [0, 0.05) is 0 Å². The molecule has 0 amide bonds. The van der Waals surface area contributed by atoms with E-state index >= 15 is 0 Å². The molecule has 0 aromatic heterocycles. The molecule has 112 valence electrons. The van der Waals surface area contributed by atoms with Crippen LogP contribution in [0, 0.1) is 0 Å². The third-order valence-electron chi connectivity index (χ3n) is 2.88. The highest BCUT2D eigenvalue weighted by Gasteiger charge is 2.41. The Kier molecular flexibility index (Phi) is 4.39. The molecular weight excluding hydrogens is 291 g/mol. The molecule has 0 spiro atoms. The Morgan fingerprint density at radius 2 is 1.67 bits per heavy atom. The van der Waals surface area contributed by atoms with Crippen molar-refractivity contribution in [1.29, 1.82) is 0 Å². The van der Waals surface area contributed by atoms with E-state index in [0.29, 0.717) is 10.8 Å². The van der Waals surface area contributed by atoms with Crippen molar-refractivity contribution in [2.75, 3.05) is 6.61 Å². The van der Waals surface area contributed by atoms with Crippen molar-refractivity contribution in [3.05, 3.63) is 36.4 Å². The lowest BCUT2D eigenvalue weighted by Gasteiger charge is -2.16. The highest BCUT2D eigenvalue weighted by molar-refractivity contribution is 6.58. The molecule has 0 saturated heterocycles. The fraction of sp³-hybridized carbons (Fsp3) is 0.231. The molecule has 0 atom stereocenters. The average Bonchev–Trinajstić information content (AvgIpc) is 2.44. The zero-order chi connectivity index (χ0) is 15.6. The summed E-state index contributed by atoms with van der Waals surface area (Å²) in [7, 11) is -1.62. The van der Waals surface area contributed by atoms with Crippen LogP contribution in [0.25, 0.3) is 10.8 Å². The zero-order valence-corrected chi connectivity index (χ0v) is 10.6. The maximum atomic E-state index is 12.8. The van der Waals surface area contributed by atoms with Gasteiger partial charge in [0.25, 0.3) is 0 Å². The second-order valence-corrected chi connectivity index (χ2v) is 4.49. The normalized spacial score (nSPS) is 12.0. The predicted molar refractivity (Wildman–Crippen MR) is 70.2 cm³/mol. The molecule has 3 nitrogen and oxygen atoms in total. The third-order valence-corrected chi connectivity index (χ3v) is 2.88. The van der Waals surface area contributed by atoms with E-state index < -0.39 is 26.1 Å². The van der Waals surface area contributed by atoms with Crippen LogP contribution in [0.4, 0.5) is 17.6 Å². The van der Waals surface area contributed by atoms with Gasteiger partial charge in [-0.25, -0.2) is 8.78 Å². The van der Waals surface area contributed by atoms with Crippen LogP contribution in [0.15, 0.2) is 36.4 Å². The van der Waals surface area contributed by atoms with Crippen LogP contribution in [0.2, 0.25) is 0 Å². The number of hydrogen-bond donors (Lipinski definition) is 2. The summed E-state index contributed by atoms with van der Waals surface area (Å²) in [6, 6.07) is 8.77. The minimum absolute atomic E-state index is 0.0279. The molecular formula is C13H11BF4O3. The van der Waals surface area contributed by atoms with Crippen molar-refractivity contribution in [2.45, 2.75) is 12.3 Å². The van der Waals surface area contributed by atoms with E-state index in [4.69, 9.17) is 10.0 Å². The van der Waals surface area contributed by atoms with Gasteiger partial charge in [0.1, 0.15) is 5.75 Å². The summed E-state index contributed by atoms with van der Waals surface area (Å²) >= 11 is 0. The number of benzene rings is 2. The molecule has 2 N–H and O–H groups in total. The van der Waals surface area contributed by atoms with Crippen molar-refractivity contribution in [2.24, 2.45) is 0 Å². The largest absolute Gasteiger partial charge is 0.488 e. The third kappa shape index (κ3) is 3.65. The standard InChI is InChI=1S/C13H11BF4O3/c15-12(16)13(17,18)7-21-11-4-2-8-5-10(14(19)20)3-1-9(8)6-11/h1-6,12,19-20H,7H2. The van der Waals surface area contributed by atoms with E-state index in [2.05, 4.69) is 4.74 Å². The van der Waals surface area contributed by atoms with Gasteiger partial charge < -0.3 is 14.8 Å². The van der Waals surface area contributed by atoms with Gasteiger partial charge in [0.2, 0.25) is 0 Å². The monoisotopic (exact) mass is 302 g/mol. The summed E-state index contributed by atoms with van der Waals surface area (Å²) in [5.74, 6) is -4.18. The SMILES string of the molecule is OB(O)c1ccc2cc(OCC(F)(F)C(F)F)ccc2c1. The van der Waals surface area contributed by atoms with Crippen molar-refractivity contribution in [3.63, 3.8) is 0 Å². The average molecular weight is 302 g/mol. The van der Waals surface area contributed by atoms with Gasteiger partial charge in [-0.3, -0.25) is 0 Å². The van der Waals surface area contributed by atoms with E-state index in [9.17, 15) is 17.6 Å². The molecule has 0 aliphatic heterocycles. The number of hydrogen-bond acceptors (Lipinski definition) is 3. The van der Waals surface area contributed by atoms with Crippen molar-refractivity contribution >= 4 is 23.4 Å². The molecule has 0 heterocycles. The molecule has 2 aromatic rings. The van der Waals surface area contributed by atoms with Crippen LogP contribution < -0.4 is 10.2 Å². The number of halogens is 4.